The first-order valence-electron chi connectivity index (χ1n) is 3.69. The molecule has 10 heavy (non-hydrogen) atoms. The number of aliphatic imine (C=N–C) groups is 1. The number of hydrogen-bond acceptors (Lipinski definition) is 1. The number of rotatable bonds is 1. The molecule has 0 aromatic carbocycles. The van der Waals surface area contributed by atoms with Crippen LogP contribution in [0, 0.1) is 0 Å². The molecule has 0 bridgehead atoms. The van der Waals surface area contributed by atoms with Gasteiger partial charge in [-0.3, -0.25) is 4.99 Å². The Bertz CT molecular complexity index is 193. The van der Waals surface area contributed by atoms with Gasteiger partial charge in [0.2, 0.25) is 0 Å². The normalized spacial score (nSPS) is 19.0. The van der Waals surface area contributed by atoms with Crippen LogP contribution in [0.3, 0.4) is 0 Å². The minimum Gasteiger partial charge on any atom is -0.262 e. The summed E-state index contributed by atoms with van der Waals surface area (Å²) in [5.41, 5.74) is 2.55. The van der Waals surface area contributed by atoms with E-state index >= 15 is 0 Å². The molecule has 1 nitrogen and oxygen atoms in total. The van der Waals surface area contributed by atoms with Crippen molar-refractivity contribution in [3.63, 3.8) is 0 Å². The van der Waals surface area contributed by atoms with E-state index in [2.05, 4.69) is 24.1 Å². The van der Waals surface area contributed by atoms with E-state index in [-0.39, 0.29) is 0 Å². The van der Waals surface area contributed by atoms with Crippen molar-refractivity contribution in [2.24, 2.45) is 4.99 Å². The molecule has 0 spiro atoms. The van der Waals surface area contributed by atoms with Crippen LogP contribution < -0.4 is 0 Å². The van der Waals surface area contributed by atoms with Gasteiger partial charge in [0.15, 0.2) is 0 Å². The number of hydrogen-bond donors (Lipinski definition) is 0. The van der Waals surface area contributed by atoms with E-state index in [1.54, 1.807) is 0 Å². The van der Waals surface area contributed by atoms with Gasteiger partial charge in [-0.25, -0.2) is 0 Å². The zero-order chi connectivity index (χ0) is 7.40. The average Bonchev–Trinajstić information content (AvgIpc) is 1.94. The summed E-state index contributed by atoms with van der Waals surface area (Å²) < 4.78 is 0. The van der Waals surface area contributed by atoms with Gasteiger partial charge in [-0.1, -0.05) is 6.08 Å². The highest BCUT2D eigenvalue weighted by molar-refractivity contribution is 5.56. The quantitative estimate of drug-likeness (QED) is 0.490. The molecule has 1 aliphatic carbocycles. The van der Waals surface area contributed by atoms with Crippen LogP contribution in [0.15, 0.2) is 28.4 Å². The van der Waals surface area contributed by atoms with Crippen molar-refractivity contribution < 1.29 is 0 Å². The first-order valence-corrected chi connectivity index (χ1v) is 3.69. The maximum absolute atomic E-state index is 4.23. The lowest BCUT2D eigenvalue weighted by molar-refractivity contribution is 0.934. The molecular formula is C9H13N. The molecule has 0 N–H and O–H groups in total. The third-order valence-electron chi connectivity index (χ3n) is 1.67. The second-order valence-electron chi connectivity index (χ2n) is 2.49. The Balaban J connectivity index is 2.79. The molecular weight excluding hydrogens is 122 g/mol. The summed E-state index contributed by atoms with van der Waals surface area (Å²) in [7, 11) is 0. The SMILES string of the molecule is CC=NC1=C(C)CCC=C1. The van der Waals surface area contributed by atoms with Crippen LogP contribution in [-0.2, 0) is 0 Å². The second kappa shape index (κ2) is 3.35. The Morgan fingerprint density at radius 2 is 2.40 bits per heavy atom. The molecule has 0 aromatic rings. The van der Waals surface area contributed by atoms with Crippen molar-refractivity contribution in [1.82, 2.24) is 0 Å². The third kappa shape index (κ3) is 1.56. The lowest BCUT2D eigenvalue weighted by Gasteiger charge is -2.06. The number of allylic oxidation sites excluding steroid dienone is 3. The third-order valence-corrected chi connectivity index (χ3v) is 1.67. The predicted molar refractivity (Wildman–Crippen MR) is 45.2 cm³/mol. The van der Waals surface area contributed by atoms with E-state index < -0.39 is 0 Å². The molecule has 0 aliphatic heterocycles. The maximum atomic E-state index is 4.23. The Labute approximate surface area is 62.2 Å². The van der Waals surface area contributed by atoms with E-state index in [0.717, 1.165) is 5.70 Å². The van der Waals surface area contributed by atoms with Crippen LogP contribution in [0.2, 0.25) is 0 Å². The van der Waals surface area contributed by atoms with E-state index in [1.165, 1.54) is 18.4 Å². The summed E-state index contributed by atoms with van der Waals surface area (Å²) in [6, 6.07) is 0. The zero-order valence-electron chi connectivity index (χ0n) is 6.59. The van der Waals surface area contributed by atoms with Crippen LogP contribution in [0.5, 0.6) is 0 Å². The minimum atomic E-state index is 1.15. The van der Waals surface area contributed by atoms with Crippen LogP contribution in [0.25, 0.3) is 0 Å². The highest BCUT2D eigenvalue weighted by Crippen LogP contribution is 2.18. The molecule has 0 amide bonds. The van der Waals surface area contributed by atoms with Gasteiger partial charge >= 0.3 is 0 Å². The highest BCUT2D eigenvalue weighted by atomic mass is 14.7. The first kappa shape index (κ1) is 7.26. The lowest BCUT2D eigenvalue weighted by atomic mass is 10.0. The van der Waals surface area contributed by atoms with Gasteiger partial charge in [0, 0.05) is 6.21 Å². The van der Waals surface area contributed by atoms with Gasteiger partial charge in [-0.2, -0.15) is 0 Å². The van der Waals surface area contributed by atoms with Crippen LogP contribution in [0.1, 0.15) is 26.7 Å². The van der Waals surface area contributed by atoms with Crippen LogP contribution in [0.4, 0.5) is 0 Å². The molecule has 0 heterocycles. The summed E-state index contributed by atoms with van der Waals surface area (Å²) in [5.74, 6) is 0. The fourth-order valence-corrected chi connectivity index (χ4v) is 1.06. The van der Waals surface area contributed by atoms with Crippen molar-refractivity contribution in [2.45, 2.75) is 26.7 Å². The number of nitrogens with zero attached hydrogens (tertiary/aromatic N) is 1. The molecule has 1 rings (SSSR count). The van der Waals surface area contributed by atoms with Gasteiger partial charge in [-0.05, 0) is 38.3 Å². The summed E-state index contributed by atoms with van der Waals surface area (Å²) in [6.07, 6.45) is 8.46. The Morgan fingerprint density at radius 1 is 1.60 bits per heavy atom. The Kier molecular flexibility index (Phi) is 2.43. The molecule has 0 fully saturated rings. The minimum absolute atomic E-state index is 1.15. The molecule has 54 valence electrons. The molecule has 1 heteroatoms. The highest BCUT2D eigenvalue weighted by Gasteiger charge is 1.99. The zero-order valence-corrected chi connectivity index (χ0v) is 6.59. The van der Waals surface area contributed by atoms with Gasteiger partial charge in [0.1, 0.15) is 0 Å². The van der Waals surface area contributed by atoms with Gasteiger partial charge < -0.3 is 0 Å². The average molecular weight is 135 g/mol. The molecule has 1 aliphatic rings. The van der Waals surface area contributed by atoms with E-state index in [9.17, 15) is 0 Å². The fourth-order valence-electron chi connectivity index (χ4n) is 1.06. The van der Waals surface area contributed by atoms with Crippen LogP contribution in [-0.4, -0.2) is 6.21 Å². The Hall–Kier alpha value is -0.850. The summed E-state index contributed by atoms with van der Waals surface area (Å²) >= 11 is 0. The van der Waals surface area contributed by atoms with Crippen molar-refractivity contribution in [3.05, 3.63) is 23.4 Å². The van der Waals surface area contributed by atoms with E-state index in [4.69, 9.17) is 0 Å². The standard InChI is InChI=1S/C9H13N/c1-3-10-9-7-5-4-6-8(9)2/h3,5,7H,4,6H2,1-2H3. The fraction of sp³-hybridized carbons (Fsp3) is 0.444. The largest absolute Gasteiger partial charge is 0.262 e. The first-order chi connectivity index (χ1) is 4.84. The van der Waals surface area contributed by atoms with Crippen molar-refractivity contribution >= 4 is 6.21 Å². The summed E-state index contributed by atoms with van der Waals surface area (Å²) in [5, 5.41) is 0. The summed E-state index contributed by atoms with van der Waals surface area (Å²) in [4.78, 5) is 4.23. The topological polar surface area (TPSA) is 12.4 Å². The molecule has 0 saturated carbocycles. The molecule has 0 unspecified atom stereocenters. The van der Waals surface area contributed by atoms with Crippen molar-refractivity contribution in [1.29, 1.82) is 0 Å². The van der Waals surface area contributed by atoms with E-state index in [1.807, 2.05) is 13.1 Å². The van der Waals surface area contributed by atoms with Gasteiger partial charge in [-0.15, -0.1) is 0 Å². The lowest BCUT2D eigenvalue weighted by Crippen LogP contribution is -1.88. The monoisotopic (exact) mass is 135 g/mol. The molecule has 0 aromatic heterocycles. The van der Waals surface area contributed by atoms with Crippen molar-refractivity contribution in [3.8, 4) is 0 Å². The van der Waals surface area contributed by atoms with Gasteiger partial charge in [0.25, 0.3) is 0 Å². The van der Waals surface area contributed by atoms with E-state index in [0.29, 0.717) is 0 Å². The molecule has 0 radical (unpaired) electrons. The van der Waals surface area contributed by atoms with Crippen molar-refractivity contribution in [2.75, 3.05) is 0 Å². The smallest absolute Gasteiger partial charge is 0.0611 e. The van der Waals surface area contributed by atoms with Gasteiger partial charge in [0.05, 0.1) is 5.70 Å². The molecule has 0 saturated heterocycles. The van der Waals surface area contributed by atoms with Crippen LogP contribution >= 0.6 is 0 Å². The predicted octanol–water partition coefficient (Wildman–Crippen LogP) is 2.70. The second-order valence-corrected chi connectivity index (χ2v) is 2.49. The maximum Gasteiger partial charge on any atom is 0.0611 e. The Morgan fingerprint density at radius 3 is 3.00 bits per heavy atom. The molecule has 0 atom stereocenters. The summed E-state index contributed by atoms with van der Waals surface area (Å²) in [6.45, 7) is 4.09.